The molecule has 106 valence electrons. The molecule has 1 aliphatic rings. The van der Waals surface area contributed by atoms with E-state index in [9.17, 15) is 21.6 Å². The average Bonchev–Trinajstić information content (AvgIpc) is 2.99. The van der Waals surface area contributed by atoms with Gasteiger partial charge < -0.3 is 11.1 Å². The molecule has 0 spiro atoms. The third-order valence-corrected chi connectivity index (χ3v) is 4.29. The smallest absolute Gasteiger partial charge is 0.396 e. The second-order valence-electron chi connectivity index (χ2n) is 4.69. The van der Waals surface area contributed by atoms with Crippen molar-refractivity contribution in [1.82, 2.24) is 0 Å². The lowest BCUT2D eigenvalue weighted by Crippen LogP contribution is -2.38. The van der Waals surface area contributed by atoms with E-state index in [2.05, 4.69) is 5.32 Å². The molecule has 1 fully saturated rings. The van der Waals surface area contributed by atoms with Crippen molar-refractivity contribution in [2.45, 2.75) is 29.5 Å². The molecular formula is C11H13F3N2O2S. The van der Waals surface area contributed by atoms with Gasteiger partial charge in [-0.25, -0.2) is 8.42 Å². The first kappa shape index (κ1) is 14.0. The van der Waals surface area contributed by atoms with Gasteiger partial charge in [-0.2, -0.15) is 13.2 Å². The number of alkyl halides is 3. The maximum absolute atomic E-state index is 12.8. The molecule has 19 heavy (non-hydrogen) atoms. The van der Waals surface area contributed by atoms with E-state index < -0.39 is 21.6 Å². The second kappa shape index (κ2) is 4.03. The number of sulfone groups is 1. The number of anilines is 2. The minimum absolute atomic E-state index is 0.00208. The van der Waals surface area contributed by atoms with Crippen LogP contribution in [0.3, 0.4) is 0 Å². The Bertz CT molecular complexity index is 607. The van der Waals surface area contributed by atoms with Gasteiger partial charge in [0.2, 0.25) is 0 Å². The van der Waals surface area contributed by atoms with E-state index in [1.807, 2.05) is 0 Å². The lowest BCUT2D eigenvalue weighted by molar-refractivity contribution is -0.151. The fourth-order valence-electron chi connectivity index (χ4n) is 1.84. The van der Waals surface area contributed by atoms with Crippen LogP contribution in [-0.4, -0.2) is 26.4 Å². The predicted molar refractivity (Wildman–Crippen MR) is 65.6 cm³/mol. The van der Waals surface area contributed by atoms with Crippen LogP contribution in [0.2, 0.25) is 0 Å². The molecule has 1 aliphatic carbocycles. The monoisotopic (exact) mass is 294 g/mol. The van der Waals surface area contributed by atoms with Crippen LogP contribution in [0, 0.1) is 0 Å². The van der Waals surface area contributed by atoms with Gasteiger partial charge in [0.15, 0.2) is 9.84 Å². The zero-order valence-corrected chi connectivity index (χ0v) is 10.9. The van der Waals surface area contributed by atoms with Crippen LogP contribution in [0.4, 0.5) is 24.5 Å². The van der Waals surface area contributed by atoms with Gasteiger partial charge in [0.25, 0.3) is 0 Å². The van der Waals surface area contributed by atoms with Crippen LogP contribution in [-0.2, 0) is 9.84 Å². The number of nitrogens with one attached hydrogen (secondary N) is 1. The molecule has 1 saturated carbocycles. The van der Waals surface area contributed by atoms with Crippen molar-refractivity contribution >= 4 is 21.2 Å². The molecule has 0 aromatic heterocycles. The van der Waals surface area contributed by atoms with Crippen molar-refractivity contribution in [2.75, 3.05) is 17.3 Å². The lowest BCUT2D eigenvalue weighted by Gasteiger charge is -2.23. The fourth-order valence-corrected chi connectivity index (χ4v) is 2.67. The Balaban J connectivity index is 2.39. The van der Waals surface area contributed by atoms with Crippen LogP contribution >= 0.6 is 0 Å². The summed E-state index contributed by atoms with van der Waals surface area (Å²) in [6.45, 7) is 0. The summed E-state index contributed by atoms with van der Waals surface area (Å²) < 4.78 is 61.4. The molecule has 0 atom stereocenters. The lowest BCUT2D eigenvalue weighted by atomic mass is 10.2. The maximum Gasteiger partial charge on any atom is 0.411 e. The Labute approximate surface area is 108 Å². The molecule has 3 N–H and O–H groups in total. The molecule has 1 aromatic rings. The van der Waals surface area contributed by atoms with Gasteiger partial charge in [0.05, 0.1) is 16.3 Å². The molecule has 2 rings (SSSR count). The van der Waals surface area contributed by atoms with Gasteiger partial charge >= 0.3 is 6.18 Å². The highest BCUT2D eigenvalue weighted by Gasteiger charge is 2.63. The Hall–Kier alpha value is -1.44. The third-order valence-electron chi connectivity index (χ3n) is 3.13. The molecule has 8 heteroatoms. The number of nitrogens with two attached hydrogens (primary N) is 1. The van der Waals surface area contributed by atoms with Crippen molar-refractivity contribution in [3.05, 3.63) is 18.2 Å². The number of hydrogen-bond acceptors (Lipinski definition) is 4. The topological polar surface area (TPSA) is 72.2 Å². The Kier molecular flexibility index (Phi) is 2.96. The van der Waals surface area contributed by atoms with Crippen LogP contribution in [0.1, 0.15) is 12.8 Å². The molecule has 1 aromatic carbocycles. The molecule has 0 radical (unpaired) electrons. The summed E-state index contributed by atoms with van der Waals surface area (Å²) in [7, 11) is -3.57. The van der Waals surface area contributed by atoms with Crippen molar-refractivity contribution in [2.24, 2.45) is 0 Å². The van der Waals surface area contributed by atoms with Crippen molar-refractivity contribution in [3.8, 4) is 0 Å². The van der Waals surface area contributed by atoms with E-state index in [1.165, 1.54) is 18.2 Å². The average molecular weight is 294 g/mol. The van der Waals surface area contributed by atoms with E-state index >= 15 is 0 Å². The highest BCUT2D eigenvalue weighted by atomic mass is 32.2. The minimum Gasteiger partial charge on any atom is -0.396 e. The first-order chi connectivity index (χ1) is 8.57. The van der Waals surface area contributed by atoms with E-state index in [0.29, 0.717) is 0 Å². The third kappa shape index (κ3) is 2.49. The zero-order valence-electron chi connectivity index (χ0n) is 10.1. The molecular weight excluding hydrogens is 281 g/mol. The van der Waals surface area contributed by atoms with Gasteiger partial charge in [-0.05, 0) is 25.0 Å². The summed E-state index contributed by atoms with van der Waals surface area (Å²) in [5, 5.41) is 2.34. The summed E-state index contributed by atoms with van der Waals surface area (Å²) in [4.78, 5) is -0.171. The Morgan fingerprint density at radius 2 is 1.89 bits per heavy atom. The largest absolute Gasteiger partial charge is 0.411 e. The highest BCUT2D eigenvalue weighted by Crippen LogP contribution is 2.51. The van der Waals surface area contributed by atoms with Gasteiger partial charge in [-0.15, -0.1) is 0 Å². The van der Waals surface area contributed by atoms with E-state index in [4.69, 9.17) is 5.73 Å². The van der Waals surface area contributed by atoms with Crippen LogP contribution in [0.15, 0.2) is 23.1 Å². The van der Waals surface area contributed by atoms with Crippen molar-refractivity contribution in [3.63, 3.8) is 0 Å². The molecule has 0 bridgehead atoms. The summed E-state index contributed by atoms with van der Waals surface area (Å²) in [6.07, 6.45) is -3.52. The van der Waals surface area contributed by atoms with Crippen LogP contribution < -0.4 is 11.1 Å². The maximum atomic E-state index is 12.8. The molecule has 0 saturated heterocycles. The van der Waals surface area contributed by atoms with Crippen LogP contribution in [0.5, 0.6) is 0 Å². The molecule has 0 heterocycles. The van der Waals surface area contributed by atoms with E-state index in [1.54, 1.807) is 0 Å². The van der Waals surface area contributed by atoms with Gasteiger partial charge in [-0.3, -0.25) is 0 Å². The van der Waals surface area contributed by atoms with Gasteiger partial charge in [0.1, 0.15) is 5.54 Å². The predicted octanol–water partition coefficient (Wildman–Crippen LogP) is 2.18. The van der Waals surface area contributed by atoms with Gasteiger partial charge in [0, 0.05) is 6.26 Å². The number of hydrogen-bond donors (Lipinski definition) is 2. The Morgan fingerprint density at radius 3 is 2.32 bits per heavy atom. The standard InChI is InChI=1S/C11H13F3N2O2S/c1-19(17,18)8-4-2-3-7(9(8)15)16-10(5-6-10)11(12,13)14/h2-4,16H,5-6,15H2,1H3. The number of halogens is 3. The normalized spacial score (nSPS) is 18.1. The van der Waals surface area contributed by atoms with E-state index in [-0.39, 0.29) is 29.1 Å². The van der Waals surface area contributed by atoms with Gasteiger partial charge in [-0.1, -0.05) is 6.07 Å². The van der Waals surface area contributed by atoms with Crippen LogP contribution in [0.25, 0.3) is 0 Å². The minimum atomic E-state index is -4.39. The second-order valence-corrected chi connectivity index (χ2v) is 6.68. The molecule has 0 aliphatic heterocycles. The molecule has 0 unspecified atom stereocenters. The first-order valence-corrected chi connectivity index (χ1v) is 7.39. The first-order valence-electron chi connectivity index (χ1n) is 5.50. The molecule has 4 nitrogen and oxygen atoms in total. The number of para-hydroxylation sites is 1. The summed E-state index contributed by atoms with van der Waals surface area (Å²) in [5.41, 5.74) is 3.48. The SMILES string of the molecule is CS(=O)(=O)c1cccc(NC2(C(F)(F)F)CC2)c1N. The number of rotatable bonds is 3. The van der Waals surface area contributed by atoms with Crippen molar-refractivity contribution < 1.29 is 21.6 Å². The highest BCUT2D eigenvalue weighted by molar-refractivity contribution is 7.90. The Morgan fingerprint density at radius 1 is 1.32 bits per heavy atom. The summed E-state index contributed by atoms with van der Waals surface area (Å²) in [5.74, 6) is 0. The van der Waals surface area contributed by atoms with E-state index in [0.717, 1.165) is 6.26 Å². The molecule has 0 amide bonds. The number of benzene rings is 1. The zero-order chi connectivity index (χ0) is 14.5. The van der Waals surface area contributed by atoms with Crippen molar-refractivity contribution in [1.29, 1.82) is 0 Å². The summed E-state index contributed by atoms with van der Waals surface area (Å²) >= 11 is 0. The number of nitrogen functional groups attached to an aromatic ring is 1. The fraction of sp³-hybridized carbons (Fsp3) is 0.455. The quantitative estimate of drug-likeness (QED) is 0.838. The summed E-state index contributed by atoms with van der Waals surface area (Å²) in [6, 6.07) is 3.97.